The zero-order chi connectivity index (χ0) is 18.8. The number of nitrogens with two attached hydrogens (primary N) is 1. The molecule has 2 heterocycles. The van der Waals surface area contributed by atoms with E-state index in [1.807, 2.05) is 11.8 Å². The minimum absolute atomic E-state index is 0.140. The highest BCUT2D eigenvalue weighted by molar-refractivity contribution is 6.31. The topological polar surface area (TPSA) is 54.2 Å². The fourth-order valence-corrected chi connectivity index (χ4v) is 2.98. The smallest absolute Gasteiger partial charge is 0.396 e. The molecule has 0 fully saturated rings. The van der Waals surface area contributed by atoms with Gasteiger partial charge in [0.2, 0.25) is 0 Å². The quantitative estimate of drug-likeness (QED) is 0.624. The van der Waals surface area contributed by atoms with Gasteiger partial charge >= 0.3 is 7.69 Å². The molecule has 0 unspecified atom stereocenters. The van der Waals surface area contributed by atoms with Crippen LogP contribution in [0.1, 0.15) is 24.5 Å². The van der Waals surface area contributed by atoms with Gasteiger partial charge in [-0.3, -0.25) is 0 Å². The summed E-state index contributed by atoms with van der Waals surface area (Å²) in [6, 6.07) is 3.97. The van der Waals surface area contributed by atoms with Crippen molar-refractivity contribution < 1.29 is 13.1 Å². The Morgan fingerprint density at radius 1 is 1.35 bits per heavy atom. The van der Waals surface area contributed by atoms with E-state index in [4.69, 9.17) is 5.73 Å². The van der Waals surface area contributed by atoms with Crippen molar-refractivity contribution in [1.82, 2.24) is 4.98 Å². The lowest BCUT2D eigenvalue weighted by Gasteiger charge is -2.33. The van der Waals surface area contributed by atoms with Gasteiger partial charge in [-0.2, -0.15) is 0 Å². The van der Waals surface area contributed by atoms with Crippen molar-refractivity contribution in [2.75, 3.05) is 22.4 Å². The number of hydrogen-bond donors (Lipinski definition) is 2. The first-order valence-corrected chi connectivity index (χ1v) is 8.08. The Hall–Kier alpha value is -2.90. The largest absolute Gasteiger partial charge is 0.489 e. The number of hydrogen-bond acceptors (Lipinski definition) is 4. The van der Waals surface area contributed by atoms with Crippen molar-refractivity contribution >= 4 is 36.5 Å². The fraction of sp³-hybridized carbons (Fsp3) is 0.167. The third-order valence-corrected chi connectivity index (χ3v) is 4.18. The minimum Gasteiger partial charge on any atom is -0.396 e. The predicted octanol–water partition coefficient (Wildman–Crippen LogP) is 4.14. The Morgan fingerprint density at radius 3 is 2.81 bits per heavy atom. The van der Waals surface area contributed by atoms with Gasteiger partial charge in [0.25, 0.3) is 0 Å². The Kier molecular flexibility index (Phi) is 4.93. The zero-order valence-corrected chi connectivity index (χ0v) is 14.2. The maximum absolute atomic E-state index is 14.5. The summed E-state index contributed by atoms with van der Waals surface area (Å²) in [4.78, 5) is 5.93. The van der Waals surface area contributed by atoms with Gasteiger partial charge in [-0.15, -0.1) is 0 Å². The lowest BCUT2D eigenvalue weighted by Crippen LogP contribution is -2.27. The van der Waals surface area contributed by atoms with Crippen molar-refractivity contribution in [2.24, 2.45) is 0 Å². The standard InChI is InChI=1S/C18H17BF3N4/c1-3-6-26-10(2)12(17-13(20)4-5-14(23)18(17)21)7-11-9-24-16(25-19-22)8-15(11)26/h4-5,7-9H,2-3,6,23H2,1H3,(H,24,25). The normalized spacial score (nSPS) is 13.3. The van der Waals surface area contributed by atoms with Crippen LogP contribution in [-0.4, -0.2) is 19.2 Å². The number of nitrogens with zero attached hydrogens (tertiary/aromatic N) is 2. The molecule has 1 aliphatic rings. The average molecular weight is 357 g/mol. The molecule has 3 rings (SSSR count). The van der Waals surface area contributed by atoms with Crippen LogP contribution in [0.15, 0.2) is 36.7 Å². The molecule has 2 aromatic rings. The molecule has 0 saturated carbocycles. The molecule has 1 aromatic carbocycles. The van der Waals surface area contributed by atoms with E-state index in [1.165, 1.54) is 12.3 Å². The lowest BCUT2D eigenvalue weighted by molar-refractivity contribution is 0.580. The van der Waals surface area contributed by atoms with E-state index in [0.29, 0.717) is 29.2 Å². The molecule has 1 radical (unpaired) electrons. The van der Waals surface area contributed by atoms with E-state index in [9.17, 15) is 13.1 Å². The molecule has 133 valence electrons. The van der Waals surface area contributed by atoms with E-state index in [1.54, 1.807) is 12.1 Å². The molecule has 0 bridgehead atoms. The number of aromatic nitrogens is 1. The Morgan fingerprint density at radius 2 is 2.12 bits per heavy atom. The molecule has 8 heteroatoms. The first kappa shape index (κ1) is 17.9. The predicted molar refractivity (Wildman–Crippen MR) is 100 cm³/mol. The molecule has 26 heavy (non-hydrogen) atoms. The maximum atomic E-state index is 14.5. The average Bonchev–Trinajstić information content (AvgIpc) is 2.62. The van der Waals surface area contributed by atoms with Crippen molar-refractivity contribution in [3.63, 3.8) is 0 Å². The number of rotatable bonds is 5. The highest BCUT2D eigenvalue weighted by atomic mass is 19.1. The van der Waals surface area contributed by atoms with Gasteiger partial charge in [-0.25, -0.2) is 13.8 Å². The molecule has 0 aliphatic carbocycles. The summed E-state index contributed by atoms with van der Waals surface area (Å²) in [6.07, 6.45) is 3.90. The van der Waals surface area contributed by atoms with Crippen molar-refractivity contribution in [3.8, 4) is 0 Å². The molecule has 1 aliphatic heterocycles. The number of benzene rings is 1. The second-order valence-corrected chi connectivity index (χ2v) is 5.86. The van der Waals surface area contributed by atoms with Crippen LogP contribution < -0.4 is 15.9 Å². The Bertz CT molecular complexity index is 898. The second kappa shape index (κ2) is 7.15. The number of allylic oxidation sites excluding steroid dienone is 1. The summed E-state index contributed by atoms with van der Waals surface area (Å²) >= 11 is 0. The molecule has 0 saturated heterocycles. The summed E-state index contributed by atoms with van der Waals surface area (Å²) in [5.74, 6) is -1.23. The van der Waals surface area contributed by atoms with Crippen LogP contribution in [0.3, 0.4) is 0 Å². The summed E-state index contributed by atoms with van der Waals surface area (Å²) < 4.78 is 41.3. The second-order valence-electron chi connectivity index (χ2n) is 5.86. The fourth-order valence-electron chi connectivity index (χ4n) is 2.98. The van der Waals surface area contributed by atoms with Crippen LogP contribution in [0, 0.1) is 11.6 Å². The van der Waals surface area contributed by atoms with Crippen LogP contribution in [0.25, 0.3) is 11.6 Å². The zero-order valence-electron chi connectivity index (χ0n) is 14.2. The summed E-state index contributed by atoms with van der Waals surface area (Å²) in [5.41, 5.74) is 7.35. The SMILES string of the molecule is C=C1C(c2c(F)ccc(N)c2F)=Cc2cnc(N[B]F)cc2N1CCC. The van der Waals surface area contributed by atoms with Crippen molar-refractivity contribution in [3.05, 3.63) is 59.4 Å². The van der Waals surface area contributed by atoms with Crippen LogP contribution in [-0.2, 0) is 0 Å². The molecule has 0 atom stereocenters. The van der Waals surface area contributed by atoms with Crippen LogP contribution in [0.2, 0.25) is 0 Å². The van der Waals surface area contributed by atoms with Crippen molar-refractivity contribution in [1.29, 1.82) is 0 Å². The molecular weight excluding hydrogens is 340 g/mol. The number of anilines is 3. The highest BCUT2D eigenvalue weighted by Gasteiger charge is 2.27. The van der Waals surface area contributed by atoms with E-state index in [-0.39, 0.29) is 18.9 Å². The van der Waals surface area contributed by atoms with Gasteiger partial charge in [0.1, 0.15) is 11.6 Å². The minimum atomic E-state index is -0.824. The molecule has 3 N–H and O–H groups in total. The third-order valence-electron chi connectivity index (χ3n) is 4.18. The number of pyridine rings is 1. The molecule has 0 amide bonds. The number of fused-ring (bicyclic) bond motifs is 1. The lowest BCUT2D eigenvalue weighted by atomic mass is 9.94. The summed E-state index contributed by atoms with van der Waals surface area (Å²) in [5, 5.41) is 2.39. The van der Waals surface area contributed by atoms with Gasteiger partial charge in [-0.1, -0.05) is 13.5 Å². The van der Waals surface area contributed by atoms with E-state index in [0.717, 1.165) is 18.2 Å². The van der Waals surface area contributed by atoms with E-state index in [2.05, 4.69) is 16.8 Å². The van der Waals surface area contributed by atoms with Gasteiger partial charge in [0, 0.05) is 35.6 Å². The third kappa shape index (κ3) is 3.02. The number of nitrogen functional groups attached to an aromatic ring is 1. The summed E-state index contributed by atoms with van der Waals surface area (Å²) in [6.45, 7) is 6.56. The van der Waals surface area contributed by atoms with Crippen LogP contribution in [0.4, 0.5) is 30.3 Å². The first-order chi connectivity index (χ1) is 12.5. The number of nitrogens with one attached hydrogen (secondary N) is 1. The van der Waals surface area contributed by atoms with Crippen LogP contribution >= 0.6 is 0 Å². The van der Waals surface area contributed by atoms with E-state index < -0.39 is 11.6 Å². The van der Waals surface area contributed by atoms with Gasteiger partial charge < -0.3 is 20.2 Å². The Balaban J connectivity index is 2.19. The number of halogens is 3. The molecular formula is C18H17BF3N4. The monoisotopic (exact) mass is 357 g/mol. The highest BCUT2D eigenvalue weighted by Crippen LogP contribution is 2.41. The van der Waals surface area contributed by atoms with Crippen LogP contribution in [0.5, 0.6) is 0 Å². The van der Waals surface area contributed by atoms with Gasteiger partial charge in [-0.05, 0) is 24.6 Å². The molecule has 1 aromatic heterocycles. The molecule has 4 nitrogen and oxygen atoms in total. The molecule has 0 spiro atoms. The van der Waals surface area contributed by atoms with Gasteiger partial charge in [0.05, 0.1) is 16.9 Å². The maximum Gasteiger partial charge on any atom is 0.489 e. The first-order valence-electron chi connectivity index (χ1n) is 8.08. The van der Waals surface area contributed by atoms with E-state index >= 15 is 0 Å². The van der Waals surface area contributed by atoms with Gasteiger partial charge in [0.15, 0.2) is 5.82 Å². The Labute approximate surface area is 150 Å². The summed E-state index contributed by atoms with van der Waals surface area (Å²) in [7, 11) is 0.287. The van der Waals surface area contributed by atoms with Crippen molar-refractivity contribution in [2.45, 2.75) is 13.3 Å².